The summed E-state index contributed by atoms with van der Waals surface area (Å²) in [5.74, 6) is 0.185. The van der Waals surface area contributed by atoms with Crippen LogP contribution in [-0.2, 0) is 39.9 Å². The van der Waals surface area contributed by atoms with Crippen LogP contribution in [0.5, 0.6) is 0 Å². The lowest BCUT2D eigenvalue weighted by Crippen LogP contribution is -2.55. The molecular formula is C35H40N2O3. The molecule has 3 aromatic carbocycles. The van der Waals surface area contributed by atoms with Crippen molar-refractivity contribution < 1.29 is 14.2 Å². The SMILES string of the molecule is C=CCN1C[C@@H]2C(OC)CC1c1c(n(C)c3ccccc13)C2(COCc1ccccc1)COCc1ccccc1. The second kappa shape index (κ2) is 11.7. The van der Waals surface area contributed by atoms with Gasteiger partial charge in [-0.05, 0) is 29.2 Å². The number of rotatable bonds is 11. The summed E-state index contributed by atoms with van der Waals surface area (Å²) in [5.41, 5.74) is 5.93. The van der Waals surface area contributed by atoms with Crippen molar-refractivity contribution in [2.24, 2.45) is 13.0 Å². The smallest absolute Gasteiger partial charge is 0.0717 e. The van der Waals surface area contributed by atoms with E-state index in [4.69, 9.17) is 14.2 Å². The summed E-state index contributed by atoms with van der Waals surface area (Å²) in [5, 5.41) is 1.31. The fourth-order valence-electron chi connectivity index (χ4n) is 7.27. The van der Waals surface area contributed by atoms with Crippen LogP contribution in [0.15, 0.2) is 97.6 Å². The summed E-state index contributed by atoms with van der Waals surface area (Å²) in [7, 11) is 4.08. The van der Waals surface area contributed by atoms with Gasteiger partial charge in [0.25, 0.3) is 0 Å². The zero-order chi connectivity index (χ0) is 27.5. The van der Waals surface area contributed by atoms with Crippen LogP contribution < -0.4 is 0 Å². The fraction of sp³-hybridized carbons (Fsp3) is 0.371. The molecule has 3 heterocycles. The number of methoxy groups -OCH3 is 1. The molecule has 2 aliphatic heterocycles. The number of nitrogens with zero attached hydrogens (tertiary/aromatic N) is 2. The third kappa shape index (κ3) is 4.82. The fourth-order valence-corrected chi connectivity index (χ4v) is 7.27. The quantitative estimate of drug-likeness (QED) is 0.207. The van der Waals surface area contributed by atoms with Crippen LogP contribution in [0.2, 0.25) is 0 Å². The van der Waals surface area contributed by atoms with E-state index in [-0.39, 0.29) is 18.1 Å². The van der Waals surface area contributed by atoms with Crippen molar-refractivity contribution in [2.75, 3.05) is 33.4 Å². The van der Waals surface area contributed by atoms with E-state index in [9.17, 15) is 0 Å². The second-order valence-corrected chi connectivity index (χ2v) is 11.3. The number of piperidine rings is 1. The van der Waals surface area contributed by atoms with Crippen molar-refractivity contribution in [2.45, 2.75) is 37.2 Å². The van der Waals surface area contributed by atoms with Gasteiger partial charge in [-0.25, -0.2) is 0 Å². The Labute approximate surface area is 238 Å². The van der Waals surface area contributed by atoms with Gasteiger partial charge in [-0.3, -0.25) is 4.90 Å². The van der Waals surface area contributed by atoms with Crippen molar-refractivity contribution in [1.29, 1.82) is 0 Å². The largest absolute Gasteiger partial charge is 0.381 e. The molecule has 3 aliphatic rings. The van der Waals surface area contributed by atoms with Gasteiger partial charge in [-0.15, -0.1) is 6.58 Å². The van der Waals surface area contributed by atoms with Crippen LogP contribution in [0.3, 0.4) is 0 Å². The molecule has 2 unspecified atom stereocenters. The molecule has 5 nitrogen and oxygen atoms in total. The average molecular weight is 537 g/mol. The molecule has 1 saturated heterocycles. The van der Waals surface area contributed by atoms with Gasteiger partial charge in [-0.2, -0.15) is 0 Å². The molecule has 4 aromatic rings. The summed E-state index contributed by atoms with van der Waals surface area (Å²) in [4.78, 5) is 2.59. The second-order valence-electron chi connectivity index (χ2n) is 11.3. The number of para-hydroxylation sites is 1. The number of benzene rings is 3. The molecule has 1 fully saturated rings. The Kier molecular flexibility index (Phi) is 7.90. The highest BCUT2D eigenvalue weighted by Crippen LogP contribution is 2.54. The Bertz CT molecular complexity index is 1390. The standard InChI is InChI=1S/C35H40N2O3/c1-4-19-37-21-29-32(38-3)20-31(37)33-28-17-11-12-18-30(28)36(2)34(33)35(29,24-39-22-26-13-7-5-8-14-26)25-40-23-27-15-9-6-10-16-27/h4-18,29,31-32H,1,19-25H2,2-3H3/t29-,31?,32?/m1/s1. The van der Waals surface area contributed by atoms with E-state index in [1.54, 1.807) is 0 Å². The van der Waals surface area contributed by atoms with Gasteiger partial charge in [0.1, 0.15) is 0 Å². The predicted molar refractivity (Wildman–Crippen MR) is 160 cm³/mol. The molecule has 5 heteroatoms. The van der Waals surface area contributed by atoms with E-state index < -0.39 is 5.41 Å². The van der Waals surface area contributed by atoms with Crippen LogP contribution >= 0.6 is 0 Å². The number of hydrogen-bond donors (Lipinski definition) is 0. The van der Waals surface area contributed by atoms with E-state index >= 15 is 0 Å². The molecule has 2 bridgehead atoms. The molecule has 0 spiro atoms. The summed E-state index contributed by atoms with van der Waals surface area (Å²) in [6.45, 7) is 8.07. The molecule has 1 aliphatic carbocycles. The molecule has 3 atom stereocenters. The summed E-state index contributed by atoms with van der Waals surface area (Å²) in [6, 6.07) is 29.9. The molecule has 0 saturated carbocycles. The highest BCUT2D eigenvalue weighted by Gasteiger charge is 2.56. The lowest BCUT2D eigenvalue weighted by molar-refractivity contribution is -0.0947. The van der Waals surface area contributed by atoms with E-state index in [1.165, 1.54) is 33.3 Å². The predicted octanol–water partition coefficient (Wildman–Crippen LogP) is 6.43. The third-order valence-corrected chi connectivity index (χ3v) is 9.05. The van der Waals surface area contributed by atoms with Gasteiger partial charge in [0.2, 0.25) is 0 Å². The van der Waals surface area contributed by atoms with E-state index in [0.717, 1.165) is 19.5 Å². The Morgan fingerprint density at radius 2 is 1.48 bits per heavy atom. The number of aromatic nitrogens is 1. The minimum Gasteiger partial charge on any atom is -0.381 e. The van der Waals surface area contributed by atoms with Crippen molar-refractivity contribution in [1.82, 2.24) is 9.47 Å². The number of ether oxygens (including phenoxy) is 3. The van der Waals surface area contributed by atoms with Crippen LogP contribution in [0.4, 0.5) is 0 Å². The molecule has 0 radical (unpaired) electrons. The topological polar surface area (TPSA) is 35.9 Å². The molecule has 7 rings (SSSR count). The monoisotopic (exact) mass is 536 g/mol. The van der Waals surface area contributed by atoms with Crippen LogP contribution in [0.1, 0.15) is 34.8 Å². The van der Waals surface area contributed by atoms with Gasteiger partial charge >= 0.3 is 0 Å². The first kappa shape index (κ1) is 27.0. The minimum absolute atomic E-state index is 0.0953. The van der Waals surface area contributed by atoms with Gasteiger partial charge < -0.3 is 18.8 Å². The van der Waals surface area contributed by atoms with Crippen molar-refractivity contribution >= 4 is 10.9 Å². The van der Waals surface area contributed by atoms with Crippen molar-refractivity contribution in [3.8, 4) is 0 Å². The molecule has 0 amide bonds. The Morgan fingerprint density at radius 3 is 2.08 bits per heavy atom. The van der Waals surface area contributed by atoms with Crippen LogP contribution in [-0.4, -0.2) is 49.0 Å². The lowest BCUT2D eigenvalue weighted by Gasteiger charge is -2.47. The molecule has 1 aromatic heterocycles. The normalized spacial score (nSPS) is 21.8. The number of fused-ring (bicyclic) bond motifs is 3. The minimum atomic E-state index is -0.405. The summed E-state index contributed by atoms with van der Waals surface area (Å²) >= 11 is 0. The molecule has 208 valence electrons. The Hall–Kier alpha value is -3.22. The number of aryl methyl sites for hydroxylation is 1. The van der Waals surface area contributed by atoms with Gasteiger partial charge in [0, 0.05) is 55.8 Å². The molecule has 0 N–H and O–H groups in total. The lowest BCUT2D eigenvalue weighted by atomic mass is 9.70. The van der Waals surface area contributed by atoms with E-state index in [2.05, 4.69) is 95.9 Å². The Morgan fingerprint density at radius 1 is 0.875 bits per heavy atom. The maximum absolute atomic E-state index is 6.68. The third-order valence-electron chi connectivity index (χ3n) is 9.05. The maximum atomic E-state index is 6.68. The van der Waals surface area contributed by atoms with Gasteiger partial charge in [0.15, 0.2) is 0 Å². The first-order valence-electron chi connectivity index (χ1n) is 14.3. The zero-order valence-electron chi connectivity index (χ0n) is 23.7. The van der Waals surface area contributed by atoms with Crippen molar-refractivity contribution in [3.05, 3.63) is 120 Å². The first-order chi connectivity index (χ1) is 19.7. The highest BCUT2D eigenvalue weighted by atomic mass is 16.5. The molecular weight excluding hydrogens is 496 g/mol. The zero-order valence-corrected chi connectivity index (χ0v) is 23.7. The van der Waals surface area contributed by atoms with Crippen LogP contribution in [0.25, 0.3) is 10.9 Å². The summed E-state index contributed by atoms with van der Waals surface area (Å²) < 4.78 is 22.1. The Balaban J connectivity index is 1.48. The van der Waals surface area contributed by atoms with E-state index in [1.807, 2.05) is 25.3 Å². The van der Waals surface area contributed by atoms with Gasteiger partial charge in [0.05, 0.1) is 37.9 Å². The summed E-state index contributed by atoms with van der Waals surface area (Å²) in [6.07, 6.45) is 3.07. The first-order valence-corrected chi connectivity index (χ1v) is 14.3. The van der Waals surface area contributed by atoms with E-state index in [0.29, 0.717) is 26.4 Å². The van der Waals surface area contributed by atoms with Gasteiger partial charge in [-0.1, -0.05) is 84.9 Å². The highest BCUT2D eigenvalue weighted by molar-refractivity contribution is 5.87. The number of hydrogen-bond acceptors (Lipinski definition) is 4. The molecule has 40 heavy (non-hydrogen) atoms. The average Bonchev–Trinajstić information content (AvgIpc) is 3.17. The van der Waals surface area contributed by atoms with Crippen molar-refractivity contribution in [3.63, 3.8) is 0 Å². The van der Waals surface area contributed by atoms with Crippen LogP contribution in [0, 0.1) is 5.92 Å². The maximum Gasteiger partial charge on any atom is 0.0717 e.